The van der Waals surface area contributed by atoms with Crippen molar-refractivity contribution in [3.05, 3.63) is 22.1 Å². The zero-order valence-electron chi connectivity index (χ0n) is 7.69. The van der Waals surface area contributed by atoms with Crippen molar-refractivity contribution in [1.29, 1.82) is 0 Å². The maximum absolute atomic E-state index is 11.5. The second kappa shape index (κ2) is 3.83. The lowest BCUT2D eigenvalue weighted by molar-refractivity contribution is -0.137. The third-order valence-corrected chi connectivity index (χ3v) is 3.60. The van der Waals surface area contributed by atoms with Gasteiger partial charge in [0.15, 0.2) is 0 Å². The molecule has 0 fully saturated rings. The van der Waals surface area contributed by atoms with E-state index in [-0.39, 0.29) is 15.9 Å². The van der Waals surface area contributed by atoms with E-state index in [4.69, 9.17) is 11.6 Å². The molecule has 1 amide bonds. The first kappa shape index (κ1) is 10.4. The number of methoxy groups -OCH3 is 1. The SMILES string of the molecule is COC(=O)C1=C(Cl)C2SC=CC2=NC1=O. The van der Waals surface area contributed by atoms with Gasteiger partial charge in [-0.15, -0.1) is 11.8 Å². The van der Waals surface area contributed by atoms with Crippen LogP contribution in [0.5, 0.6) is 0 Å². The van der Waals surface area contributed by atoms with E-state index >= 15 is 0 Å². The largest absolute Gasteiger partial charge is 0.465 e. The molecule has 6 heteroatoms. The Morgan fingerprint density at radius 2 is 2.40 bits per heavy atom. The molecule has 0 saturated heterocycles. The number of amides is 1. The minimum Gasteiger partial charge on any atom is -0.465 e. The van der Waals surface area contributed by atoms with Gasteiger partial charge in [0.25, 0.3) is 5.91 Å². The lowest BCUT2D eigenvalue weighted by Crippen LogP contribution is -2.26. The van der Waals surface area contributed by atoms with Crippen LogP contribution in [0.15, 0.2) is 27.1 Å². The molecule has 2 aliphatic rings. The Balaban J connectivity index is 2.44. The molecule has 2 heterocycles. The first-order valence-electron chi connectivity index (χ1n) is 4.08. The Morgan fingerprint density at radius 1 is 1.67 bits per heavy atom. The number of hydrogen-bond donors (Lipinski definition) is 0. The predicted molar refractivity (Wildman–Crippen MR) is 57.9 cm³/mol. The number of aliphatic imine (C=N–C) groups is 1. The quantitative estimate of drug-likeness (QED) is 0.514. The second-order valence-corrected chi connectivity index (χ2v) is 4.30. The van der Waals surface area contributed by atoms with Crippen molar-refractivity contribution in [2.24, 2.45) is 4.99 Å². The number of nitrogens with zero attached hydrogens (tertiary/aromatic N) is 1. The molecular formula is C9H6ClNO3S. The number of halogens is 1. The Hall–Kier alpha value is -1.07. The standard InChI is InChI=1S/C9H6ClNO3S/c1-14-9(13)5-6(10)7-4(2-3-15-7)11-8(5)12/h2-3,7H,1H3. The zero-order valence-corrected chi connectivity index (χ0v) is 9.26. The monoisotopic (exact) mass is 243 g/mol. The molecule has 15 heavy (non-hydrogen) atoms. The summed E-state index contributed by atoms with van der Waals surface area (Å²) in [5.74, 6) is -1.37. The summed E-state index contributed by atoms with van der Waals surface area (Å²) in [6.07, 6.45) is 1.71. The van der Waals surface area contributed by atoms with Gasteiger partial charge in [0.05, 0.1) is 23.1 Å². The molecule has 78 valence electrons. The average Bonchev–Trinajstić information content (AvgIpc) is 2.65. The van der Waals surface area contributed by atoms with Crippen molar-refractivity contribution in [1.82, 2.24) is 0 Å². The van der Waals surface area contributed by atoms with Gasteiger partial charge >= 0.3 is 5.97 Å². The number of esters is 1. The number of carbonyl (C=O) groups is 2. The second-order valence-electron chi connectivity index (χ2n) is 2.88. The summed E-state index contributed by atoms with van der Waals surface area (Å²) in [4.78, 5) is 26.5. The Morgan fingerprint density at radius 3 is 3.07 bits per heavy atom. The van der Waals surface area contributed by atoms with Gasteiger partial charge in [-0.3, -0.25) is 4.79 Å². The summed E-state index contributed by atoms with van der Waals surface area (Å²) in [7, 11) is 1.20. The van der Waals surface area contributed by atoms with E-state index in [1.54, 1.807) is 11.5 Å². The number of carbonyl (C=O) groups excluding carboxylic acids is 2. The molecule has 0 aromatic rings. The van der Waals surface area contributed by atoms with E-state index in [0.29, 0.717) is 5.71 Å². The normalized spacial score (nSPS) is 24.0. The predicted octanol–water partition coefficient (Wildman–Crippen LogP) is 1.26. The summed E-state index contributed by atoms with van der Waals surface area (Å²) in [5.41, 5.74) is 0.423. The zero-order chi connectivity index (χ0) is 11.0. The van der Waals surface area contributed by atoms with Crippen LogP contribution in [0, 0.1) is 0 Å². The first-order chi connectivity index (χ1) is 7.15. The number of rotatable bonds is 1. The van der Waals surface area contributed by atoms with E-state index in [2.05, 4.69) is 9.73 Å². The molecule has 2 rings (SSSR count). The van der Waals surface area contributed by atoms with E-state index < -0.39 is 11.9 Å². The molecular weight excluding hydrogens is 238 g/mol. The molecule has 1 unspecified atom stereocenters. The number of fused-ring (bicyclic) bond motifs is 1. The van der Waals surface area contributed by atoms with Crippen molar-refractivity contribution in [2.45, 2.75) is 5.25 Å². The van der Waals surface area contributed by atoms with Crippen LogP contribution in [0.2, 0.25) is 0 Å². The third kappa shape index (κ3) is 1.61. The Kier molecular flexibility index (Phi) is 2.67. The molecule has 0 saturated carbocycles. The maximum atomic E-state index is 11.5. The first-order valence-corrected chi connectivity index (χ1v) is 5.40. The van der Waals surface area contributed by atoms with E-state index in [1.165, 1.54) is 18.9 Å². The van der Waals surface area contributed by atoms with Crippen molar-refractivity contribution in [3.8, 4) is 0 Å². The van der Waals surface area contributed by atoms with Crippen molar-refractivity contribution >= 4 is 41.0 Å². The van der Waals surface area contributed by atoms with Crippen LogP contribution in [0.1, 0.15) is 0 Å². The van der Waals surface area contributed by atoms with Gasteiger partial charge in [-0.1, -0.05) is 11.6 Å². The maximum Gasteiger partial charge on any atom is 0.344 e. The Bertz CT molecular complexity index is 439. The summed E-state index contributed by atoms with van der Waals surface area (Å²) in [5, 5.41) is 1.75. The number of allylic oxidation sites excluding steroid dienone is 1. The van der Waals surface area contributed by atoms with Crippen LogP contribution >= 0.6 is 23.4 Å². The summed E-state index contributed by atoms with van der Waals surface area (Å²) >= 11 is 7.38. The van der Waals surface area contributed by atoms with Gasteiger partial charge < -0.3 is 4.74 Å². The third-order valence-electron chi connectivity index (χ3n) is 2.03. The fourth-order valence-electron chi connectivity index (χ4n) is 1.32. The van der Waals surface area contributed by atoms with Crippen molar-refractivity contribution in [2.75, 3.05) is 7.11 Å². The van der Waals surface area contributed by atoms with Gasteiger partial charge in [-0.2, -0.15) is 0 Å². The minimum absolute atomic E-state index is 0.163. The van der Waals surface area contributed by atoms with Crippen LogP contribution in [0.25, 0.3) is 0 Å². The van der Waals surface area contributed by atoms with Crippen LogP contribution < -0.4 is 0 Å². The fraction of sp³-hybridized carbons (Fsp3) is 0.222. The summed E-state index contributed by atoms with van der Waals surface area (Å²) in [6, 6.07) is 0. The van der Waals surface area contributed by atoms with Gasteiger partial charge in [0, 0.05) is 0 Å². The highest BCUT2D eigenvalue weighted by Crippen LogP contribution is 2.35. The van der Waals surface area contributed by atoms with E-state index in [9.17, 15) is 9.59 Å². The van der Waals surface area contributed by atoms with Crippen molar-refractivity contribution in [3.63, 3.8) is 0 Å². The summed E-state index contributed by atoms with van der Waals surface area (Å²) < 4.78 is 4.48. The summed E-state index contributed by atoms with van der Waals surface area (Å²) in [6.45, 7) is 0. The molecule has 0 spiro atoms. The highest BCUT2D eigenvalue weighted by atomic mass is 35.5. The minimum atomic E-state index is -0.736. The lowest BCUT2D eigenvalue weighted by atomic mass is 10.1. The van der Waals surface area contributed by atoms with Gasteiger partial charge in [0.1, 0.15) is 5.57 Å². The fourth-order valence-corrected chi connectivity index (χ4v) is 2.63. The molecule has 0 N–H and O–H groups in total. The highest BCUT2D eigenvalue weighted by Gasteiger charge is 2.35. The topological polar surface area (TPSA) is 55.7 Å². The molecule has 0 aromatic carbocycles. The average molecular weight is 244 g/mol. The van der Waals surface area contributed by atoms with E-state index in [1.807, 2.05) is 0 Å². The Labute approximate surface area is 95.0 Å². The van der Waals surface area contributed by atoms with E-state index in [0.717, 1.165) is 0 Å². The van der Waals surface area contributed by atoms with Crippen LogP contribution in [0.3, 0.4) is 0 Å². The van der Waals surface area contributed by atoms with Crippen LogP contribution in [-0.4, -0.2) is 29.9 Å². The van der Waals surface area contributed by atoms with Gasteiger partial charge in [-0.05, 0) is 11.5 Å². The lowest BCUT2D eigenvalue weighted by Gasteiger charge is -2.16. The van der Waals surface area contributed by atoms with Crippen LogP contribution in [-0.2, 0) is 14.3 Å². The van der Waals surface area contributed by atoms with Gasteiger partial charge in [-0.25, -0.2) is 9.79 Å². The van der Waals surface area contributed by atoms with Crippen LogP contribution in [0.4, 0.5) is 0 Å². The number of dihydropyridines is 1. The molecule has 4 nitrogen and oxygen atoms in total. The molecule has 1 atom stereocenters. The highest BCUT2D eigenvalue weighted by molar-refractivity contribution is 8.04. The smallest absolute Gasteiger partial charge is 0.344 e. The van der Waals surface area contributed by atoms with Gasteiger partial charge in [0.2, 0.25) is 0 Å². The number of thioether (sulfide) groups is 1. The molecule has 0 aliphatic carbocycles. The molecule has 0 radical (unpaired) electrons. The number of hydrogen-bond acceptors (Lipinski definition) is 4. The number of ether oxygens (including phenoxy) is 1. The molecule has 0 aromatic heterocycles. The molecule has 0 bridgehead atoms. The molecule has 2 aliphatic heterocycles. The van der Waals surface area contributed by atoms with Crippen molar-refractivity contribution < 1.29 is 14.3 Å².